The van der Waals surface area contributed by atoms with Gasteiger partial charge in [0.1, 0.15) is 10.1 Å². The third kappa shape index (κ3) is 13.6. The van der Waals surface area contributed by atoms with E-state index in [-0.39, 0.29) is 39.6 Å². The van der Waals surface area contributed by atoms with Gasteiger partial charge >= 0.3 is 0 Å². The van der Waals surface area contributed by atoms with E-state index in [9.17, 15) is 38.5 Å². The molecule has 2 atom stereocenters. The normalized spacial score (nSPS) is 18.7. The van der Waals surface area contributed by atoms with E-state index in [1.54, 1.807) is 30.3 Å². The zero-order valence-corrected chi connectivity index (χ0v) is 65.0. The number of hydrogen-bond acceptors (Lipinski definition) is 14. The van der Waals surface area contributed by atoms with Crippen molar-refractivity contribution in [2.24, 2.45) is 0 Å². The van der Waals surface area contributed by atoms with Gasteiger partial charge in [-0.2, -0.15) is 13.5 Å². The number of anilines is 2. The fraction of sp³-hybridized carbons (Fsp3) is 0.238. The van der Waals surface area contributed by atoms with Crippen LogP contribution in [0.4, 0.5) is 34.1 Å². The molecule has 536 valence electrons. The van der Waals surface area contributed by atoms with E-state index in [1.807, 2.05) is 26.2 Å². The van der Waals surface area contributed by atoms with Crippen molar-refractivity contribution in [3.8, 4) is 0 Å². The van der Waals surface area contributed by atoms with Gasteiger partial charge in [-0.1, -0.05) is 120 Å². The minimum absolute atomic E-state index is 0.0308. The molecule has 0 aromatic heterocycles. The van der Waals surface area contributed by atoms with Crippen molar-refractivity contribution in [2.45, 2.75) is 114 Å². The maximum absolute atomic E-state index is 12.4. The summed E-state index contributed by atoms with van der Waals surface area (Å²) >= 11 is 7.89. The van der Waals surface area contributed by atoms with E-state index in [2.05, 4.69) is 275 Å². The number of nitro benzene ring substituents is 2. The van der Waals surface area contributed by atoms with Crippen molar-refractivity contribution in [3.63, 3.8) is 0 Å². The van der Waals surface area contributed by atoms with Crippen molar-refractivity contribution in [3.05, 3.63) is 303 Å². The first-order valence-electron chi connectivity index (χ1n) is 34.2. The molecule has 0 aliphatic carbocycles. The third-order valence-electron chi connectivity index (χ3n) is 21.6. The van der Waals surface area contributed by atoms with Crippen LogP contribution in [-0.2, 0) is 58.7 Å². The lowest BCUT2D eigenvalue weighted by Gasteiger charge is -2.29. The second kappa shape index (κ2) is 28.6. The first kappa shape index (κ1) is 74.0. The molecule has 21 heteroatoms. The Morgan fingerprint density at radius 2 is 0.971 bits per heavy atom. The summed E-state index contributed by atoms with van der Waals surface area (Å²) in [4.78, 5) is 28.6. The lowest BCUT2D eigenvalue weighted by atomic mass is 9.75. The highest BCUT2D eigenvalue weighted by atomic mass is 79.9. The Kier molecular flexibility index (Phi) is 20.1. The van der Waals surface area contributed by atoms with Gasteiger partial charge in [-0.25, -0.2) is 8.42 Å². The first-order valence-corrected chi connectivity index (χ1v) is 38.0. The Bertz CT molecular complexity index is 5350. The summed E-state index contributed by atoms with van der Waals surface area (Å²) < 4.78 is 49.5. The molecule has 0 fully saturated rings. The van der Waals surface area contributed by atoms with Crippen LogP contribution in [0.1, 0.15) is 97.2 Å². The Balaban J connectivity index is 0.000000473. The zero-order chi connectivity index (χ0) is 75.0. The number of likely N-dealkylation sites (N-methyl/N-ethyl adjacent to an activating group) is 2. The van der Waals surface area contributed by atoms with Crippen LogP contribution < -0.4 is 15.1 Å². The van der Waals surface area contributed by atoms with E-state index in [4.69, 9.17) is 4.74 Å². The van der Waals surface area contributed by atoms with Crippen LogP contribution in [0.3, 0.4) is 0 Å². The molecule has 10 aromatic carbocycles. The minimum atomic E-state index is -4.46. The molecule has 0 bridgehead atoms. The average Bonchev–Trinajstić information content (AvgIpc) is 1.59. The number of nitrogens with zero attached hydrogens (tertiary/aromatic N) is 6. The number of nitro groups is 2. The zero-order valence-electron chi connectivity index (χ0n) is 60.2. The molecule has 105 heavy (non-hydrogen) atoms. The Labute approximate surface area is 632 Å². The lowest BCUT2D eigenvalue weighted by Crippen LogP contribution is -2.31. The van der Waals surface area contributed by atoms with Gasteiger partial charge in [0, 0.05) is 88.8 Å². The fourth-order valence-corrected chi connectivity index (χ4v) is 18.3. The van der Waals surface area contributed by atoms with Crippen LogP contribution in [0.15, 0.2) is 236 Å². The van der Waals surface area contributed by atoms with E-state index in [1.165, 1.54) is 84.3 Å². The molecule has 0 radical (unpaired) electrons. The van der Waals surface area contributed by atoms with Crippen molar-refractivity contribution >= 4 is 132 Å². The molecule has 0 amide bonds. The van der Waals surface area contributed by atoms with Crippen LogP contribution in [0.2, 0.25) is 0 Å². The largest absolute Gasteiger partial charge is 0.744 e. The quantitative estimate of drug-likeness (QED) is 0.0196. The lowest BCUT2D eigenvalue weighted by molar-refractivity contribution is -0.777. The van der Waals surface area contributed by atoms with Gasteiger partial charge in [-0.15, -0.1) is 0 Å². The number of aryl methyl sites for hydroxylation is 4. The van der Waals surface area contributed by atoms with Crippen molar-refractivity contribution in [1.29, 1.82) is 0 Å². The van der Waals surface area contributed by atoms with Crippen molar-refractivity contribution in [2.75, 3.05) is 37.4 Å². The van der Waals surface area contributed by atoms with Gasteiger partial charge in [0.15, 0.2) is 11.4 Å². The van der Waals surface area contributed by atoms with Crippen LogP contribution in [0.5, 0.6) is 0 Å². The minimum Gasteiger partial charge on any atom is -0.744 e. The van der Waals surface area contributed by atoms with Crippen LogP contribution in [0.25, 0.3) is 32.3 Å². The highest BCUT2D eigenvalue weighted by Gasteiger charge is 2.50. The first-order chi connectivity index (χ1) is 49.8. The third-order valence-corrected chi connectivity index (χ3v) is 24.2. The summed E-state index contributed by atoms with van der Waals surface area (Å²) in [5.41, 5.74) is 17.9. The van der Waals surface area contributed by atoms with Gasteiger partial charge in [0.25, 0.3) is 24.8 Å². The standard InChI is InChI=1S/C74H72Br2N6O5.C10H8O6S2/c1-45-27-29-51(47(3)35-45)41-73(9)55-37-57(75)63(81(83)84)39-61(55)77(11)67(73)25-17-23-65-71(5,6)69-53-21-15-13-19-49(53)31-33-59(69)79(65)43-87-44-80-60-34-32-50-20-14-16-22-54(50)70(60)72(7,8)66(80)24-18-26-68-74(10,42-52-30-28-46(2)36-48(52)4)56-38-58(76)64(82(85)86)40-62(56)78(68)12;11-15-16-17-9-3-1-8-6-10(18(12,13)14)4-2-7(8)5-9/h13-40H,41-44H2,1-12H3;1-6,11H,(H,12,13,14)/q+2;/p-2. The number of allylic oxidation sites excluding steroid dienone is 8. The monoisotopic (exact) mass is 1570 g/mol. The summed E-state index contributed by atoms with van der Waals surface area (Å²) in [6.07, 6.45) is 14.6. The predicted octanol–water partition coefficient (Wildman–Crippen LogP) is 19.1. The van der Waals surface area contributed by atoms with Gasteiger partial charge in [0.05, 0.1) is 57.9 Å². The molecule has 0 N–H and O–H groups in total. The van der Waals surface area contributed by atoms with E-state index in [0.717, 1.165) is 68.7 Å². The van der Waals surface area contributed by atoms with Gasteiger partial charge in [0.2, 0.25) is 11.4 Å². The summed E-state index contributed by atoms with van der Waals surface area (Å²) in [5.74, 6) is 0. The van der Waals surface area contributed by atoms with E-state index >= 15 is 0 Å². The molecule has 0 spiro atoms. The van der Waals surface area contributed by atoms with Crippen LogP contribution in [0, 0.1) is 47.9 Å². The van der Waals surface area contributed by atoms with E-state index in [0.29, 0.717) is 37.5 Å². The van der Waals surface area contributed by atoms with Crippen LogP contribution in [-0.4, -0.2) is 70.9 Å². The van der Waals surface area contributed by atoms with Gasteiger partial charge in [-0.3, -0.25) is 30.0 Å². The average molecular weight is 1570 g/mol. The molecule has 4 aliphatic heterocycles. The smallest absolute Gasteiger partial charge is 0.285 e. The molecule has 4 aliphatic rings. The molecule has 0 saturated heterocycles. The molecule has 17 nitrogen and oxygen atoms in total. The molecule has 10 aromatic rings. The van der Waals surface area contributed by atoms with Crippen molar-refractivity contribution in [1.82, 2.24) is 0 Å². The fourth-order valence-electron chi connectivity index (χ4n) is 16.4. The highest BCUT2D eigenvalue weighted by Crippen LogP contribution is 2.55. The van der Waals surface area contributed by atoms with E-state index < -0.39 is 31.8 Å². The number of fused-ring (bicyclic) bond motifs is 9. The molecule has 0 saturated carbocycles. The molecule has 4 heterocycles. The Morgan fingerprint density at radius 1 is 0.543 bits per heavy atom. The second-order valence-electron chi connectivity index (χ2n) is 29.0. The summed E-state index contributed by atoms with van der Waals surface area (Å²) in [6.45, 7) is 22.7. The molecular formula is C84H78Br2N6O11S2. The maximum atomic E-state index is 12.4. The van der Waals surface area contributed by atoms with Gasteiger partial charge < -0.3 is 19.6 Å². The number of hydrogen-bond donors (Lipinski definition) is 0. The Hall–Kier alpha value is -9.26. The number of rotatable bonds is 18. The van der Waals surface area contributed by atoms with Gasteiger partial charge in [-0.05, 0) is 240 Å². The predicted molar refractivity (Wildman–Crippen MR) is 421 cm³/mol. The number of ether oxygens (including phenoxy) is 1. The SMILES string of the molecule is Cc1ccc(CC2(C)/C(=C\C=C\C3=[N+](COC[N+]4=C(/C=C/C=C5/N(C)c6cc([N+](=O)[O-])c(Br)cc6C5(C)Cc5ccc(C)cc5C)C(C)(C)c5c4ccc4ccccc54)c4ccc5ccccc5c4C3(C)C)N(C)c3cc([N+](=O)[O-])c(Br)cc32)c(C)c1.O=S(=O)([O-])c1ccc2cc(SOO[O-])ccc2c1. The number of halogens is 2. The summed E-state index contributed by atoms with van der Waals surface area (Å²) in [5, 5.41) is 43.6. The molecule has 2 unspecified atom stereocenters. The number of benzene rings is 10. The molecule has 14 rings (SSSR count). The summed E-state index contributed by atoms with van der Waals surface area (Å²) in [7, 11) is -0.429. The summed E-state index contributed by atoms with van der Waals surface area (Å²) in [6, 6.07) is 55.4. The highest BCUT2D eigenvalue weighted by molar-refractivity contribution is 9.11. The topological polar surface area (TPSA) is 207 Å². The van der Waals surface area contributed by atoms with Crippen LogP contribution >= 0.6 is 43.9 Å². The second-order valence-corrected chi connectivity index (χ2v) is 32.9. The molecular weight excluding hydrogens is 1490 g/mol. The maximum Gasteiger partial charge on any atom is 0.285 e. The Morgan fingerprint density at radius 3 is 1.40 bits per heavy atom. The van der Waals surface area contributed by atoms with Crippen molar-refractivity contribution < 1.29 is 51.3 Å².